The van der Waals surface area contributed by atoms with E-state index < -0.39 is 26.8 Å². The van der Waals surface area contributed by atoms with E-state index in [-0.39, 0.29) is 27.6 Å². The number of nitrogens with one attached hydrogen (secondary N) is 3. The van der Waals surface area contributed by atoms with Crippen molar-refractivity contribution >= 4 is 44.5 Å². The molecule has 13 heteroatoms. The van der Waals surface area contributed by atoms with E-state index in [1.165, 1.54) is 53.7 Å². The van der Waals surface area contributed by atoms with Crippen LogP contribution in [-0.4, -0.2) is 32.3 Å². The number of hydrogen-bond donors (Lipinski definition) is 3. The number of aryl methyl sites for hydroxylation is 1. The second-order valence-corrected chi connectivity index (χ2v) is 11.4. The first kappa shape index (κ1) is 26.1. The van der Waals surface area contributed by atoms with Crippen molar-refractivity contribution < 1.29 is 27.7 Å². The lowest BCUT2D eigenvalue weighted by molar-refractivity contribution is -0.384. The molecule has 0 radical (unpaired) electrons. The summed E-state index contributed by atoms with van der Waals surface area (Å²) in [4.78, 5) is 37.0. The number of hydrogen-bond acceptors (Lipinski definition) is 8. The summed E-state index contributed by atoms with van der Waals surface area (Å²) in [6, 6.07) is 10.5. The predicted octanol–water partition coefficient (Wildman–Crippen LogP) is 3.67. The van der Waals surface area contributed by atoms with Crippen LogP contribution in [0.15, 0.2) is 53.4 Å². The number of amides is 2. The monoisotopic (exact) mass is 544 g/mol. The maximum absolute atomic E-state index is 13.0. The van der Waals surface area contributed by atoms with Gasteiger partial charge in [-0.1, -0.05) is 13.0 Å². The average Bonchev–Trinajstić information content (AvgIpc) is 3.30. The first-order chi connectivity index (χ1) is 17.6. The summed E-state index contributed by atoms with van der Waals surface area (Å²) in [6.07, 6.45) is 2.93. The van der Waals surface area contributed by atoms with E-state index in [0.717, 1.165) is 37.0 Å². The van der Waals surface area contributed by atoms with Gasteiger partial charge in [-0.25, -0.2) is 8.42 Å². The van der Waals surface area contributed by atoms with Crippen molar-refractivity contribution in [1.82, 2.24) is 10.9 Å². The zero-order valence-electron chi connectivity index (χ0n) is 19.9. The van der Waals surface area contributed by atoms with Crippen molar-refractivity contribution in [2.75, 3.05) is 11.8 Å². The fourth-order valence-electron chi connectivity index (χ4n) is 3.96. The Morgan fingerprint density at radius 3 is 2.59 bits per heavy atom. The molecule has 194 valence electrons. The topological polar surface area (TPSA) is 157 Å². The Balaban J connectivity index is 1.46. The standard InChI is InChI=1S/C24H24N4O7S2/c1-14-6-9-21-16(10-14)12-22(36-21)24(30)26-25-23(29)15-4-3-5-18(11-15)37(33,34)27-19-13-17(28(31)32)7-8-20(19)35-2/h3-5,7-8,11-14,27H,6,9-10H2,1-2H3,(H,25,29)(H,26,30)/t14-/m0/s1. The molecule has 0 spiro atoms. The molecule has 1 aliphatic rings. The summed E-state index contributed by atoms with van der Waals surface area (Å²) >= 11 is 1.40. The lowest BCUT2D eigenvalue weighted by Gasteiger charge is -2.16. The Labute approximate surface area is 217 Å². The highest BCUT2D eigenvalue weighted by Crippen LogP contribution is 2.32. The van der Waals surface area contributed by atoms with E-state index in [9.17, 15) is 28.1 Å². The number of thiophene rings is 1. The highest BCUT2D eigenvalue weighted by molar-refractivity contribution is 7.92. The molecule has 3 N–H and O–H groups in total. The Kier molecular flexibility index (Phi) is 7.45. The number of ether oxygens (including phenoxy) is 1. The normalized spacial score (nSPS) is 14.8. The largest absolute Gasteiger partial charge is 0.495 e. The van der Waals surface area contributed by atoms with Crippen LogP contribution in [0, 0.1) is 16.0 Å². The number of nitro groups is 1. The number of nitrogens with zero attached hydrogens (tertiary/aromatic N) is 1. The van der Waals surface area contributed by atoms with Crippen LogP contribution in [0.3, 0.4) is 0 Å². The summed E-state index contributed by atoms with van der Waals surface area (Å²) < 4.78 is 33.3. The number of fused-ring (bicyclic) bond motifs is 1. The predicted molar refractivity (Wildman–Crippen MR) is 137 cm³/mol. The van der Waals surface area contributed by atoms with E-state index >= 15 is 0 Å². The van der Waals surface area contributed by atoms with Crippen molar-refractivity contribution in [2.24, 2.45) is 5.92 Å². The molecule has 0 bridgehead atoms. The maximum Gasteiger partial charge on any atom is 0.279 e. The Morgan fingerprint density at radius 1 is 1.11 bits per heavy atom. The van der Waals surface area contributed by atoms with Crippen LogP contribution in [0.25, 0.3) is 0 Å². The van der Waals surface area contributed by atoms with Gasteiger partial charge in [0.1, 0.15) is 5.75 Å². The first-order valence-corrected chi connectivity index (χ1v) is 13.5. The molecule has 0 fully saturated rings. The second-order valence-electron chi connectivity index (χ2n) is 8.59. The van der Waals surface area contributed by atoms with Crippen LogP contribution in [-0.2, 0) is 22.9 Å². The Hall–Kier alpha value is -3.97. The van der Waals surface area contributed by atoms with Crippen LogP contribution < -0.4 is 20.3 Å². The molecule has 4 rings (SSSR count). The summed E-state index contributed by atoms with van der Waals surface area (Å²) in [5.74, 6) is -0.527. The van der Waals surface area contributed by atoms with Gasteiger partial charge in [0.05, 0.1) is 27.5 Å². The molecule has 1 heterocycles. The molecule has 37 heavy (non-hydrogen) atoms. The lowest BCUT2D eigenvalue weighted by atomic mass is 9.90. The molecule has 1 aromatic heterocycles. The average molecular weight is 545 g/mol. The number of hydrazine groups is 1. The van der Waals surface area contributed by atoms with Crippen molar-refractivity contribution in [2.45, 2.75) is 31.1 Å². The van der Waals surface area contributed by atoms with E-state index in [2.05, 4.69) is 22.5 Å². The number of non-ortho nitro benzene ring substituents is 1. The third kappa shape index (κ3) is 5.89. The molecule has 0 saturated carbocycles. The van der Waals surface area contributed by atoms with Gasteiger partial charge in [-0.3, -0.25) is 35.3 Å². The van der Waals surface area contributed by atoms with Crippen molar-refractivity contribution in [3.63, 3.8) is 0 Å². The van der Waals surface area contributed by atoms with Gasteiger partial charge in [0.2, 0.25) is 0 Å². The fraction of sp³-hybridized carbons (Fsp3) is 0.250. The summed E-state index contributed by atoms with van der Waals surface area (Å²) in [5, 5.41) is 11.1. The number of carbonyl (C=O) groups is 2. The number of methoxy groups -OCH3 is 1. The number of sulfonamides is 1. The quantitative estimate of drug-likeness (QED) is 0.303. The highest BCUT2D eigenvalue weighted by Gasteiger charge is 2.22. The molecule has 1 atom stereocenters. The number of anilines is 1. The van der Waals surface area contributed by atoms with Gasteiger partial charge in [-0.2, -0.15) is 0 Å². The van der Waals surface area contributed by atoms with E-state index in [1.807, 2.05) is 6.07 Å². The summed E-state index contributed by atoms with van der Waals surface area (Å²) in [7, 11) is -2.95. The minimum atomic E-state index is -4.24. The first-order valence-electron chi connectivity index (χ1n) is 11.2. The second kappa shape index (κ2) is 10.6. The smallest absolute Gasteiger partial charge is 0.279 e. The van der Waals surface area contributed by atoms with Crippen molar-refractivity contribution in [3.8, 4) is 5.75 Å². The maximum atomic E-state index is 13.0. The number of nitro benzene ring substituents is 1. The molecule has 0 unspecified atom stereocenters. The molecular weight excluding hydrogens is 520 g/mol. The summed E-state index contributed by atoms with van der Waals surface area (Å²) in [5.41, 5.74) is 5.36. The molecule has 2 amide bonds. The Morgan fingerprint density at radius 2 is 1.86 bits per heavy atom. The van der Waals surface area contributed by atoms with Crippen LogP contribution >= 0.6 is 11.3 Å². The lowest BCUT2D eigenvalue weighted by Crippen LogP contribution is -2.41. The minimum Gasteiger partial charge on any atom is -0.495 e. The SMILES string of the molecule is COc1ccc([N+](=O)[O-])cc1NS(=O)(=O)c1cccc(C(=O)NNC(=O)c2cc3c(s2)CC[C@H](C)C3)c1. The molecular formula is C24H24N4O7S2. The third-order valence-electron chi connectivity index (χ3n) is 5.89. The van der Waals surface area contributed by atoms with Gasteiger partial charge in [0, 0.05) is 22.6 Å². The summed E-state index contributed by atoms with van der Waals surface area (Å²) in [6.45, 7) is 2.17. The van der Waals surface area contributed by atoms with Crippen LogP contribution in [0.1, 0.15) is 43.8 Å². The van der Waals surface area contributed by atoms with Crippen LogP contribution in [0.4, 0.5) is 11.4 Å². The zero-order chi connectivity index (χ0) is 26.7. The zero-order valence-corrected chi connectivity index (χ0v) is 21.6. The van der Waals surface area contributed by atoms with Gasteiger partial charge in [0.25, 0.3) is 27.5 Å². The molecule has 0 saturated heterocycles. The van der Waals surface area contributed by atoms with Crippen LogP contribution in [0.5, 0.6) is 5.75 Å². The third-order valence-corrected chi connectivity index (χ3v) is 8.49. The molecule has 11 nitrogen and oxygen atoms in total. The Bertz CT molecular complexity index is 1480. The number of carbonyl (C=O) groups excluding carboxylic acids is 2. The number of benzene rings is 2. The van der Waals surface area contributed by atoms with E-state index in [0.29, 0.717) is 10.8 Å². The molecule has 0 aliphatic heterocycles. The van der Waals surface area contributed by atoms with Gasteiger partial charge in [-0.05, 0) is 61.1 Å². The van der Waals surface area contributed by atoms with Gasteiger partial charge >= 0.3 is 0 Å². The van der Waals surface area contributed by atoms with Gasteiger partial charge in [-0.15, -0.1) is 11.3 Å². The van der Waals surface area contributed by atoms with E-state index in [1.54, 1.807) is 0 Å². The fourth-order valence-corrected chi connectivity index (χ4v) is 6.17. The number of rotatable bonds is 7. The molecule has 3 aromatic rings. The van der Waals surface area contributed by atoms with Crippen molar-refractivity contribution in [1.29, 1.82) is 0 Å². The van der Waals surface area contributed by atoms with Gasteiger partial charge < -0.3 is 4.74 Å². The highest BCUT2D eigenvalue weighted by atomic mass is 32.2. The van der Waals surface area contributed by atoms with Crippen LogP contribution in [0.2, 0.25) is 0 Å². The molecule has 2 aromatic carbocycles. The van der Waals surface area contributed by atoms with Gasteiger partial charge in [0.15, 0.2) is 0 Å². The van der Waals surface area contributed by atoms with Crippen molar-refractivity contribution in [3.05, 3.63) is 79.5 Å². The minimum absolute atomic E-state index is 0.0199. The molecule has 1 aliphatic carbocycles. The van der Waals surface area contributed by atoms with E-state index in [4.69, 9.17) is 4.74 Å².